The van der Waals surface area contributed by atoms with Gasteiger partial charge in [0, 0.05) is 21.0 Å². The number of fused-ring (bicyclic) bond motifs is 1. The molecule has 1 aliphatic rings. The number of hydrogen-bond donors (Lipinski definition) is 0. The molecule has 4 aromatic rings. The third-order valence-electron chi connectivity index (χ3n) is 5.85. The van der Waals surface area contributed by atoms with Gasteiger partial charge in [-0.25, -0.2) is 0 Å². The Hall–Kier alpha value is -2.97. The highest BCUT2D eigenvalue weighted by atomic mass is 79.9. The molecule has 4 aromatic carbocycles. The lowest BCUT2D eigenvalue weighted by molar-refractivity contribution is -0.123. The molecule has 9 heteroatoms. The Morgan fingerprint density at radius 1 is 0.895 bits per heavy atom. The molecule has 38 heavy (non-hydrogen) atoms. The van der Waals surface area contributed by atoms with Crippen LogP contribution in [-0.4, -0.2) is 29.2 Å². The van der Waals surface area contributed by atoms with Gasteiger partial charge in [0.05, 0.1) is 15.9 Å². The van der Waals surface area contributed by atoms with Crippen molar-refractivity contribution in [1.82, 2.24) is 4.90 Å². The van der Waals surface area contributed by atoms with Gasteiger partial charge in [-0.2, -0.15) is 0 Å². The highest BCUT2D eigenvalue weighted by Crippen LogP contribution is 2.34. The summed E-state index contributed by atoms with van der Waals surface area (Å²) in [5.41, 5.74) is 1.57. The van der Waals surface area contributed by atoms with Crippen molar-refractivity contribution in [2.24, 2.45) is 0 Å². The van der Waals surface area contributed by atoms with Gasteiger partial charge in [-0.15, -0.1) is 0 Å². The first kappa shape index (κ1) is 26.6. The molecule has 2 amide bonds. The van der Waals surface area contributed by atoms with Gasteiger partial charge in [0.15, 0.2) is 0 Å². The molecule has 192 valence electrons. The van der Waals surface area contributed by atoms with Crippen LogP contribution in [-0.2, 0) is 11.4 Å². The van der Waals surface area contributed by atoms with Crippen LogP contribution >= 0.6 is 50.9 Å². The van der Waals surface area contributed by atoms with Gasteiger partial charge < -0.3 is 9.47 Å². The summed E-state index contributed by atoms with van der Waals surface area (Å²) in [6.45, 7) is 0.636. The van der Waals surface area contributed by atoms with E-state index in [1.807, 2.05) is 60.7 Å². The van der Waals surface area contributed by atoms with Crippen LogP contribution in [0.3, 0.4) is 0 Å². The largest absolute Gasteiger partial charge is 0.491 e. The van der Waals surface area contributed by atoms with Crippen LogP contribution in [0, 0.1) is 0 Å². The van der Waals surface area contributed by atoms with E-state index in [1.165, 1.54) is 4.90 Å². The van der Waals surface area contributed by atoms with Gasteiger partial charge in [-0.1, -0.05) is 71.7 Å². The molecule has 0 saturated carbocycles. The zero-order valence-electron chi connectivity index (χ0n) is 19.8. The van der Waals surface area contributed by atoms with Gasteiger partial charge in [0.2, 0.25) is 0 Å². The van der Waals surface area contributed by atoms with Crippen molar-refractivity contribution in [2.75, 3.05) is 13.2 Å². The molecule has 1 heterocycles. The normalized spacial score (nSPS) is 14.5. The molecular weight excluding hydrogens is 609 g/mol. The lowest BCUT2D eigenvalue weighted by Gasteiger charge is -2.14. The number of hydrogen-bond acceptors (Lipinski definition) is 5. The van der Waals surface area contributed by atoms with Gasteiger partial charge in [-0.3, -0.25) is 14.5 Å². The van der Waals surface area contributed by atoms with Crippen molar-refractivity contribution in [3.05, 3.63) is 109 Å². The molecule has 0 aromatic heterocycles. The summed E-state index contributed by atoms with van der Waals surface area (Å²) in [7, 11) is 0. The predicted molar refractivity (Wildman–Crippen MR) is 157 cm³/mol. The number of carbonyl (C=O) groups excluding carboxylic acids is 2. The molecule has 0 radical (unpaired) electrons. The highest BCUT2D eigenvalue weighted by Gasteiger charge is 2.34. The van der Waals surface area contributed by atoms with Crippen molar-refractivity contribution in [3.8, 4) is 11.5 Å². The Morgan fingerprint density at radius 3 is 2.53 bits per heavy atom. The minimum absolute atomic E-state index is 0.162. The summed E-state index contributed by atoms with van der Waals surface area (Å²) in [6, 6.07) is 24.4. The van der Waals surface area contributed by atoms with E-state index in [4.69, 9.17) is 32.7 Å². The summed E-state index contributed by atoms with van der Waals surface area (Å²) in [6.07, 6.45) is 1.70. The predicted octanol–water partition coefficient (Wildman–Crippen LogP) is 8.60. The first-order valence-electron chi connectivity index (χ1n) is 11.6. The van der Waals surface area contributed by atoms with Crippen LogP contribution < -0.4 is 9.47 Å². The monoisotopic (exact) mass is 627 g/mol. The van der Waals surface area contributed by atoms with E-state index < -0.39 is 0 Å². The van der Waals surface area contributed by atoms with Crippen LogP contribution in [0.5, 0.6) is 11.5 Å². The lowest BCUT2D eigenvalue weighted by Crippen LogP contribution is -2.32. The zero-order valence-corrected chi connectivity index (χ0v) is 23.7. The fourth-order valence-electron chi connectivity index (χ4n) is 3.93. The van der Waals surface area contributed by atoms with Crippen LogP contribution in [0.4, 0.5) is 4.79 Å². The summed E-state index contributed by atoms with van der Waals surface area (Å²) in [5, 5.41) is 2.82. The van der Waals surface area contributed by atoms with E-state index in [0.29, 0.717) is 25.2 Å². The maximum Gasteiger partial charge on any atom is 0.293 e. The molecular formula is C29H20BrCl2NO4S. The second-order valence-corrected chi connectivity index (χ2v) is 11.1. The lowest BCUT2D eigenvalue weighted by atomic mass is 10.1. The van der Waals surface area contributed by atoms with Crippen molar-refractivity contribution in [1.29, 1.82) is 0 Å². The maximum atomic E-state index is 12.9. The van der Waals surface area contributed by atoms with Gasteiger partial charge in [-0.05, 0) is 75.0 Å². The molecule has 0 spiro atoms. The SMILES string of the molecule is O=C1S/C(=C\c2ccc(OCc3ccc(Cl)cc3Cl)c(Br)c2)C(=O)N1CCOc1cccc2ccccc12. The van der Waals surface area contributed by atoms with Crippen LogP contribution in [0.25, 0.3) is 16.8 Å². The molecule has 0 aliphatic carbocycles. The van der Waals surface area contributed by atoms with Crippen molar-refractivity contribution >= 4 is 78.9 Å². The zero-order chi connectivity index (χ0) is 26.6. The third kappa shape index (κ3) is 6.02. The highest BCUT2D eigenvalue weighted by molar-refractivity contribution is 9.10. The number of amides is 2. The first-order valence-corrected chi connectivity index (χ1v) is 14.0. The van der Waals surface area contributed by atoms with Crippen LogP contribution in [0.1, 0.15) is 11.1 Å². The van der Waals surface area contributed by atoms with E-state index in [0.717, 1.165) is 39.4 Å². The molecule has 0 bridgehead atoms. The average Bonchev–Trinajstić information content (AvgIpc) is 3.16. The number of halogens is 3. The number of thioether (sulfide) groups is 1. The molecule has 1 aliphatic heterocycles. The number of nitrogens with zero attached hydrogens (tertiary/aromatic N) is 1. The van der Waals surface area contributed by atoms with Crippen LogP contribution in [0.2, 0.25) is 10.0 Å². The van der Waals surface area contributed by atoms with E-state index in [9.17, 15) is 9.59 Å². The average molecular weight is 629 g/mol. The minimum Gasteiger partial charge on any atom is -0.491 e. The number of imide groups is 1. The molecule has 5 rings (SSSR count). The molecule has 1 saturated heterocycles. The van der Waals surface area contributed by atoms with Gasteiger partial charge in [0.1, 0.15) is 24.7 Å². The van der Waals surface area contributed by atoms with Crippen molar-refractivity contribution in [2.45, 2.75) is 6.61 Å². The first-order chi connectivity index (χ1) is 18.4. The topological polar surface area (TPSA) is 55.8 Å². The number of rotatable bonds is 8. The van der Waals surface area contributed by atoms with Crippen molar-refractivity contribution in [3.63, 3.8) is 0 Å². The van der Waals surface area contributed by atoms with E-state index in [-0.39, 0.29) is 30.9 Å². The minimum atomic E-state index is -0.338. The van der Waals surface area contributed by atoms with E-state index in [1.54, 1.807) is 24.3 Å². The van der Waals surface area contributed by atoms with Gasteiger partial charge >= 0.3 is 0 Å². The Bertz CT molecular complexity index is 1570. The second kappa shape index (κ2) is 11.8. The fourth-order valence-corrected chi connectivity index (χ4v) is 5.77. The molecule has 1 fully saturated rings. The standard InChI is InChI=1S/C29H20BrCl2NO4S/c30-23-14-18(8-11-26(23)37-17-20-9-10-21(31)16-24(20)32)15-27-28(34)33(29(35)38-27)12-13-36-25-7-3-5-19-4-1-2-6-22(19)25/h1-11,14-16H,12-13,17H2/b27-15-. The summed E-state index contributed by atoms with van der Waals surface area (Å²) in [4.78, 5) is 27.1. The Morgan fingerprint density at radius 2 is 1.71 bits per heavy atom. The molecule has 0 N–H and O–H groups in total. The summed E-state index contributed by atoms with van der Waals surface area (Å²) >= 11 is 16.6. The summed E-state index contributed by atoms with van der Waals surface area (Å²) in [5.74, 6) is 0.998. The summed E-state index contributed by atoms with van der Waals surface area (Å²) < 4.78 is 12.5. The fraction of sp³-hybridized carbons (Fsp3) is 0.103. The number of ether oxygens (including phenoxy) is 2. The Balaban J connectivity index is 1.21. The van der Waals surface area contributed by atoms with Crippen LogP contribution in [0.15, 0.2) is 88.2 Å². The Kier molecular flexibility index (Phi) is 8.29. The Labute approximate surface area is 242 Å². The third-order valence-corrected chi connectivity index (χ3v) is 7.96. The van der Waals surface area contributed by atoms with Crippen molar-refractivity contribution < 1.29 is 19.1 Å². The molecule has 5 nitrogen and oxygen atoms in total. The smallest absolute Gasteiger partial charge is 0.293 e. The van der Waals surface area contributed by atoms with E-state index >= 15 is 0 Å². The molecule has 0 unspecified atom stereocenters. The van der Waals surface area contributed by atoms with Gasteiger partial charge in [0.25, 0.3) is 11.1 Å². The van der Waals surface area contributed by atoms with E-state index in [2.05, 4.69) is 15.9 Å². The second-order valence-electron chi connectivity index (χ2n) is 8.37. The maximum absolute atomic E-state index is 12.9. The molecule has 0 atom stereocenters. The number of benzene rings is 4. The number of carbonyl (C=O) groups is 2. The quantitative estimate of drug-likeness (QED) is 0.183.